The molecule has 1 atom stereocenters. The van der Waals surface area contributed by atoms with Crippen LogP contribution >= 0.6 is 0 Å². The summed E-state index contributed by atoms with van der Waals surface area (Å²) in [6.45, 7) is 6.42. The molecule has 1 unspecified atom stereocenters. The van der Waals surface area contributed by atoms with Crippen LogP contribution in [0.25, 0.3) is 0 Å². The maximum atomic E-state index is 5.33. The van der Waals surface area contributed by atoms with Crippen LogP contribution < -0.4 is 5.32 Å². The summed E-state index contributed by atoms with van der Waals surface area (Å²) in [7, 11) is 0. The van der Waals surface area contributed by atoms with Crippen LogP contribution in [-0.4, -0.2) is 15.8 Å². The van der Waals surface area contributed by atoms with Gasteiger partial charge in [-0.05, 0) is 39.3 Å². The van der Waals surface area contributed by atoms with Crippen molar-refractivity contribution in [1.82, 2.24) is 9.78 Å². The first kappa shape index (κ1) is 12.7. The Bertz CT molecular complexity index is 459. The fourth-order valence-corrected chi connectivity index (χ4v) is 1.87. The van der Waals surface area contributed by atoms with E-state index in [1.807, 2.05) is 29.2 Å². The van der Waals surface area contributed by atoms with Gasteiger partial charge in [0.2, 0.25) is 0 Å². The van der Waals surface area contributed by atoms with E-state index in [9.17, 15) is 0 Å². The van der Waals surface area contributed by atoms with Crippen LogP contribution in [0.5, 0.6) is 0 Å². The summed E-state index contributed by atoms with van der Waals surface area (Å²) in [6, 6.07) is 4.75. The SMILES string of the molecule is CC(CCc1ccco1)Nc1cnn(C(C)C)c1. The van der Waals surface area contributed by atoms with Gasteiger partial charge in [0.25, 0.3) is 0 Å². The smallest absolute Gasteiger partial charge is 0.103 e. The van der Waals surface area contributed by atoms with Crippen molar-refractivity contribution in [2.24, 2.45) is 0 Å². The van der Waals surface area contributed by atoms with Crippen molar-refractivity contribution < 1.29 is 4.42 Å². The second kappa shape index (κ2) is 5.76. The molecule has 0 aliphatic heterocycles. The number of aryl methyl sites for hydroxylation is 1. The van der Waals surface area contributed by atoms with Gasteiger partial charge in [-0.25, -0.2) is 0 Å². The number of rotatable bonds is 6. The van der Waals surface area contributed by atoms with Crippen LogP contribution in [0.3, 0.4) is 0 Å². The molecule has 0 bridgehead atoms. The number of anilines is 1. The molecule has 0 amide bonds. The van der Waals surface area contributed by atoms with Crippen molar-refractivity contribution in [1.29, 1.82) is 0 Å². The van der Waals surface area contributed by atoms with Gasteiger partial charge in [-0.2, -0.15) is 5.10 Å². The summed E-state index contributed by atoms with van der Waals surface area (Å²) in [5.41, 5.74) is 1.08. The highest BCUT2D eigenvalue weighted by Gasteiger charge is 2.06. The third-order valence-electron chi connectivity index (χ3n) is 2.95. The summed E-state index contributed by atoms with van der Waals surface area (Å²) in [5.74, 6) is 1.04. The van der Waals surface area contributed by atoms with Crippen LogP contribution in [0, 0.1) is 0 Å². The summed E-state index contributed by atoms with van der Waals surface area (Å²) >= 11 is 0. The zero-order valence-corrected chi connectivity index (χ0v) is 11.3. The number of hydrogen-bond acceptors (Lipinski definition) is 3. The molecule has 0 aromatic carbocycles. The van der Waals surface area contributed by atoms with Gasteiger partial charge in [0.1, 0.15) is 5.76 Å². The minimum atomic E-state index is 0.402. The summed E-state index contributed by atoms with van der Waals surface area (Å²) in [6.07, 6.45) is 7.65. The van der Waals surface area contributed by atoms with Gasteiger partial charge >= 0.3 is 0 Å². The molecule has 0 aliphatic rings. The van der Waals surface area contributed by atoms with E-state index in [4.69, 9.17) is 4.42 Å². The van der Waals surface area contributed by atoms with Gasteiger partial charge < -0.3 is 9.73 Å². The molecule has 0 aliphatic carbocycles. The number of aromatic nitrogens is 2. The average Bonchev–Trinajstić information content (AvgIpc) is 2.96. The Morgan fingerprint density at radius 3 is 2.83 bits per heavy atom. The lowest BCUT2D eigenvalue weighted by Crippen LogP contribution is -2.15. The first-order valence-electron chi connectivity index (χ1n) is 6.48. The minimum Gasteiger partial charge on any atom is -0.469 e. The Labute approximate surface area is 108 Å². The van der Waals surface area contributed by atoms with E-state index < -0.39 is 0 Å². The average molecular weight is 247 g/mol. The quantitative estimate of drug-likeness (QED) is 0.849. The van der Waals surface area contributed by atoms with Crippen LogP contribution in [0.15, 0.2) is 35.2 Å². The summed E-state index contributed by atoms with van der Waals surface area (Å²) in [4.78, 5) is 0. The van der Waals surface area contributed by atoms with E-state index in [2.05, 4.69) is 31.2 Å². The van der Waals surface area contributed by atoms with Crippen LogP contribution in [0.2, 0.25) is 0 Å². The fourth-order valence-electron chi connectivity index (χ4n) is 1.87. The van der Waals surface area contributed by atoms with Crippen molar-refractivity contribution >= 4 is 5.69 Å². The predicted octanol–water partition coefficient (Wildman–Crippen LogP) is 3.49. The van der Waals surface area contributed by atoms with Crippen molar-refractivity contribution in [2.75, 3.05) is 5.32 Å². The lowest BCUT2D eigenvalue weighted by Gasteiger charge is -2.12. The molecule has 1 N–H and O–H groups in total. The van der Waals surface area contributed by atoms with Gasteiger partial charge in [0, 0.05) is 24.7 Å². The molecule has 98 valence electrons. The summed E-state index contributed by atoms with van der Waals surface area (Å²) in [5, 5.41) is 7.77. The second-order valence-electron chi connectivity index (χ2n) is 4.97. The molecule has 0 radical (unpaired) electrons. The number of nitrogens with one attached hydrogen (secondary N) is 1. The minimum absolute atomic E-state index is 0.402. The Kier molecular flexibility index (Phi) is 4.07. The molecular weight excluding hydrogens is 226 g/mol. The molecule has 2 rings (SSSR count). The van der Waals surface area contributed by atoms with Crippen molar-refractivity contribution in [3.63, 3.8) is 0 Å². The van der Waals surface area contributed by atoms with E-state index in [1.165, 1.54) is 0 Å². The third-order valence-corrected chi connectivity index (χ3v) is 2.95. The van der Waals surface area contributed by atoms with Gasteiger partial charge in [-0.15, -0.1) is 0 Å². The van der Waals surface area contributed by atoms with Crippen molar-refractivity contribution in [3.05, 3.63) is 36.5 Å². The molecular formula is C14H21N3O. The molecule has 0 fully saturated rings. The molecule has 0 spiro atoms. The molecule has 2 heterocycles. The van der Waals surface area contributed by atoms with Gasteiger partial charge in [-0.3, -0.25) is 4.68 Å². The molecule has 0 saturated heterocycles. The van der Waals surface area contributed by atoms with Crippen molar-refractivity contribution in [3.8, 4) is 0 Å². The first-order valence-corrected chi connectivity index (χ1v) is 6.48. The normalized spacial score (nSPS) is 12.9. The molecule has 18 heavy (non-hydrogen) atoms. The van der Waals surface area contributed by atoms with E-state index >= 15 is 0 Å². The largest absolute Gasteiger partial charge is 0.469 e. The molecule has 2 aromatic heterocycles. The van der Waals surface area contributed by atoms with Crippen LogP contribution in [0.1, 0.15) is 39.0 Å². The number of hydrogen-bond donors (Lipinski definition) is 1. The highest BCUT2D eigenvalue weighted by molar-refractivity contribution is 5.39. The first-order chi connectivity index (χ1) is 8.65. The highest BCUT2D eigenvalue weighted by atomic mass is 16.3. The number of nitrogens with zero attached hydrogens (tertiary/aromatic N) is 2. The highest BCUT2D eigenvalue weighted by Crippen LogP contribution is 2.13. The van der Waals surface area contributed by atoms with Crippen molar-refractivity contribution in [2.45, 2.75) is 45.7 Å². The van der Waals surface area contributed by atoms with E-state index in [-0.39, 0.29) is 0 Å². The lowest BCUT2D eigenvalue weighted by molar-refractivity contribution is 0.495. The van der Waals surface area contributed by atoms with E-state index in [0.717, 1.165) is 24.3 Å². The zero-order chi connectivity index (χ0) is 13.0. The van der Waals surface area contributed by atoms with Gasteiger partial charge in [0.15, 0.2) is 0 Å². The van der Waals surface area contributed by atoms with E-state index in [0.29, 0.717) is 12.1 Å². The second-order valence-corrected chi connectivity index (χ2v) is 4.97. The Hall–Kier alpha value is -1.71. The number of furan rings is 1. The van der Waals surface area contributed by atoms with Gasteiger partial charge in [0.05, 0.1) is 18.1 Å². The maximum absolute atomic E-state index is 5.33. The Morgan fingerprint density at radius 1 is 1.39 bits per heavy atom. The Balaban J connectivity index is 1.81. The zero-order valence-electron chi connectivity index (χ0n) is 11.3. The van der Waals surface area contributed by atoms with Crippen LogP contribution in [0.4, 0.5) is 5.69 Å². The fraction of sp³-hybridized carbons (Fsp3) is 0.500. The monoisotopic (exact) mass is 247 g/mol. The predicted molar refractivity (Wildman–Crippen MR) is 72.7 cm³/mol. The van der Waals surface area contributed by atoms with E-state index in [1.54, 1.807) is 6.26 Å². The third kappa shape index (κ3) is 3.39. The molecule has 4 heteroatoms. The van der Waals surface area contributed by atoms with Crippen LogP contribution in [-0.2, 0) is 6.42 Å². The topological polar surface area (TPSA) is 43.0 Å². The molecule has 0 saturated carbocycles. The Morgan fingerprint density at radius 2 is 2.22 bits per heavy atom. The summed E-state index contributed by atoms with van der Waals surface area (Å²) < 4.78 is 7.29. The maximum Gasteiger partial charge on any atom is 0.103 e. The lowest BCUT2D eigenvalue weighted by atomic mass is 10.1. The molecule has 4 nitrogen and oxygen atoms in total. The van der Waals surface area contributed by atoms with Gasteiger partial charge in [-0.1, -0.05) is 0 Å². The standard InChI is InChI=1S/C14H21N3O/c1-11(2)17-10-13(9-15-17)16-12(3)6-7-14-5-4-8-18-14/h4-5,8-12,16H,6-7H2,1-3H3. The molecule has 2 aromatic rings.